The highest BCUT2D eigenvalue weighted by molar-refractivity contribution is 5.72. The first kappa shape index (κ1) is 15.8. The molecule has 2 atom stereocenters. The average Bonchev–Trinajstić information content (AvgIpc) is 2.46. The molecular weight excluding hydrogens is 283 g/mol. The van der Waals surface area contributed by atoms with Crippen LogP contribution in [0, 0.1) is 5.92 Å². The van der Waals surface area contributed by atoms with Gasteiger partial charge < -0.3 is 4.74 Å². The molecule has 0 radical (unpaired) electrons. The van der Waals surface area contributed by atoms with Crippen LogP contribution in [0.2, 0.25) is 0 Å². The van der Waals surface area contributed by atoms with Gasteiger partial charge in [0.15, 0.2) is 0 Å². The van der Waals surface area contributed by atoms with E-state index in [0.717, 1.165) is 6.07 Å². The normalized spacial score (nSPS) is 23.9. The van der Waals surface area contributed by atoms with Crippen LogP contribution in [0.1, 0.15) is 30.0 Å². The molecule has 0 aromatic heterocycles. The third-order valence-corrected chi connectivity index (χ3v) is 4.03. The van der Waals surface area contributed by atoms with Crippen LogP contribution in [-0.2, 0) is 15.7 Å². The molecule has 1 saturated heterocycles. The van der Waals surface area contributed by atoms with Crippen molar-refractivity contribution < 1.29 is 22.7 Å². The summed E-state index contributed by atoms with van der Waals surface area (Å²) >= 11 is 0. The molecule has 3 nitrogen and oxygen atoms in total. The van der Waals surface area contributed by atoms with Crippen molar-refractivity contribution in [2.75, 3.05) is 20.7 Å². The fraction of sp³-hybridized carbons (Fsp3) is 0.533. The Hall–Kier alpha value is -1.56. The van der Waals surface area contributed by atoms with Gasteiger partial charge in [-0.1, -0.05) is 18.2 Å². The van der Waals surface area contributed by atoms with E-state index in [2.05, 4.69) is 0 Å². The summed E-state index contributed by atoms with van der Waals surface area (Å²) in [4.78, 5) is 13.5. The van der Waals surface area contributed by atoms with E-state index >= 15 is 0 Å². The Morgan fingerprint density at radius 3 is 2.62 bits per heavy atom. The first-order chi connectivity index (χ1) is 9.84. The van der Waals surface area contributed by atoms with Crippen molar-refractivity contribution in [2.24, 2.45) is 5.92 Å². The summed E-state index contributed by atoms with van der Waals surface area (Å²) in [6.07, 6.45) is -3.44. The lowest BCUT2D eigenvalue weighted by Crippen LogP contribution is -2.37. The molecule has 0 N–H and O–H groups in total. The van der Waals surface area contributed by atoms with Crippen LogP contribution < -0.4 is 0 Å². The van der Waals surface area contributed by atoms with E-state index in [4.69, 9.17) is 4.74 Å². The van der Waals surface area contributed by atoms with Gasteiger partial charge in [-0.25, -0.2) is 0 Å². The van der Waals surface area contributed by atoms with Crippen LogP contribution in [-0.4, -0.2) is 31.6 Å². The minimum atomic E-state index is -4.39. The number of likely N-dealkylation sites (tertiary alicyclic amines) is 1. The molecule has 0 saturated carbocycles. The number of carbonyl (C=O) groups is 1. The highest BCUT2D eigenvalue weighted by atomic mass is 19.4. The zero-order chi connectivity index (χ0) is 15.6. The SMILES string of the molecule is COC(=O)C1CCN(C)C(c2ccccc2C(F)(F)F)C1. The van der Waals surface area contributed by atoms with Gasteiger partial charge in [0.25, 0.3) is 0 Å². The summed E-state index contributed by atoms with van der Waals surface area (Å²) in [7, 11) is 3.09. The number of methoxy groups -OCH3 is 1. The van der Waals surface area contributed by atoms with Gasteiger partial charge in [0.2, 0.25) is 0 Å². The van der Waals surface area contributed by atoms with Crippen molar-refractivity contribution >= 4 is 5.97 Å². The van der Waals surface area contributed by atoms with E-state index in [1.165, 1.54) is 19.2 Å². The maximum absolute atomic E-state index is 13.1. The van der Waals surface area contributed by atoms with E-state index in [9.17, 15) is 18.0 Å². The smallest absolute Gasteiger partial charge is 0.416 e. The number of carbonyl (C=O) groups excluding carboxylic acids is 1. The highest BCUT2D eigenvalue weighted by Gasteiger charge is 2.38. The molecule has 1 aliphatic heterocycles. The monoisotopic (exact) mass is 301 g/mol. The molecule has 6 heteroatoms. The number of rotatable bonds is 2. The Morgan fingerprint density at radius 2 is 2.00 bits per heavy atom. The minimum absolute atomic E-state index is 0.223. The van der Waals surface area contributed by atoms with Gasteiger partial charge in [-0.2, -0.15) is 13.2 Å². The molecule has 2 unspecified atom stereocenters. The first-order valence-corrected chi connectivity index (χ1v) is 6.78. The molecule has 21 heavy (non-hydrogen) atoms. The van der Waals surface area contributed by atoms with Crippen LogP contribution in [0.25, 0.3) is 0 Å². The molecule has 0 spiro atoms. The largest absolute Gasteiger partial charge is 0.469 e. The molecule has 0 aliphatic carbocycles. The van der Waals surface area contributed by atoms with E-state index in [1.54, 1.807) is 13.1 Å². The topological polar surface area (TPSA) is 29.5 Å². The Kier molecular flexibility index (Phi) is 4.56. The van der Waals surface area contributed by atoms with Gasteiger partial charge >= 0.3 is 12.1 Å². The van der Waals surface area contributed by atoms with Crippen molar-refractivity contribution in [1.82, 2.24) is 4.90 Å². The summed E-state index contributed by atoms with van der Waals surface area (Å²) < 4.78 is 44.2. The minimum Gasteiger partial charge on any atom is -0.469 e. The molecule has 1 fully saturated rings. The second kappa shape index (κ2) is 6.05. The fourth-order valence-electron chi connectivity index (χ4n) is 2.87. The number of hydrogen-bond acceptors (Lipinski definition) is 3. The van der Waals surface area contributed by atoms with Crippen molar-refractivity contribution in [3.05, 3.63) is 35.4 Å². The van der Waals surface area contributed by atoms with E-state index in [0.29, 0.717) is 19.4 Å². The Balaban J connectivity index is 2.33. The van der Waals surface area contributed by atoms with E-state index in [1.807, 2.05) is 4.90 Å². The summed E-state index contributed by atoms with van der Waals surface area (Å²) in [5.74, 6) is -0.699. The zero-order valence-corrected chi connectivity index (χ0v) is 12.0. The van der Waals surface area contributed by atoms with Gasteiger partial charge in [-0.05, 0) is 38.1 Å². The number of esters is 1. The quantitative estimate of drug-likeness (QED) is 0.785. The molecular formula is C15H18F3NO2. The fourth-order valence-corrected chi connectivity index (χ4v) is 2.87. The maximum Gasteiger partial charge on any atom is 0.416 e. The summed E-state index contributed by atoms with van der Waals surface area (Å²) in [5, 5.41) is 0. The van der Waals surface area contributed by atoms with Gasteiger partial charge in [0, 0.05) is 6.04 Å². The summed E-state index contributed by atoms with van der Waals surface area (Å²) in [6, 6.07) is 5.13. The number of halogens is 3. The third kappa shape index (κ3) is 3.37. The first-order valence-electron chi connectivity index (χ1n) is 6.78. The number of benzene rings is 1. The van der Waals surface area contributed by atoms with Crippen molar-refractivity contribution in [2.45, 2.75) is 25.1 Å². The molecule has 116 valence electrons. The Bertz CT molecular complexity index is 516. The lowest BCUT2D eigenvalue weighted by atomic mass is 9.85. The number of nitrogens with zero attached hydrogens (tertiary/aromatic N) is 1. The van der Waals surface area contributed by atoms with E-state index < -0.39 is 17.8 Å². The Labute approximate surface area is 121 Å². The van der Waals surface area contributed by atoms with E-state index in [-0.39, 0.29) is 17.5 Å². The standard InChI is InChI=1S/C15H18F3NO2/c1-19-8-7-10(14(20)21-2)9-13(19)11-5-3-4-6-12(11)15(16,17)18/h3-6,10,13H,7-9H2,1-2H3. The molecule has 1 aromatic rings. The number of piperidine rings is 1. The van der Waals surface area contributed by atoms with Crippen molar-refractivity contribution in [3.63, 3.8) is 0 Å². The third-order valence-electron chi connectivity index (χ3n) is 4.03. The number of alkyl halides is 3. The summed E-state index contributed by atoms with van der Waals surface area (Å²) in [5.41, 5.74) is -0.409. The van der Waals surface area contributed by atoms with Crippen LogP contribution >= 0.6 is 0 Å². The van der Waals surface area contributed by atoms with Crippen molar-refractivity contribution in [3.8, 4) is 0 Å². The van der Waals surface area contributed by atoms with Crippen LogP contribution in [0.5, 0.6) is 0 Å². The Morgan fingerprint density at radius 1 is 1.33 bits per heavy atom. The lowest BCUT2D eigenvalue weighted by molar-refractivity contribution is -0.147. The predicted octanol–water partition coefficient (Wildman–Crippen LogP) is 3.26. The molecule has 0 bridgehead atoms. The zero-order valence-electron chi connectivity index (χ0n) is 12.0. The molecule has 1 aromatic carbocycles. The van der Waals surface area contributed by atoms with Gasteiger partial charge in [0.05, 0.1) is 18.6 Å². The highest BCUT2D eigenvalue weighted by Crippen LogP contribution is 2.40. The lowest BCUT2D eigenvalue weighted by Gasteiger charge is -2.37. The van der Waals surface area contributed by atoms with Crippen LogP contribution in [0.3, 0.4) is 0 Å². The van der Waals surface area contributed by atoms with Crippen molar-refractivity contribution in [1.29, 1.82) is 0 Å². The number of ether oxygens (including phenoxy) is 1. The molecule has 2 rings (SSSR count). The maximum atomic E-state index is 13.1. The van der Waals surface area contributed by atoms with Gasteiger partial charge in [-0.3, -0.25) is 9.69 Å². The summed E-state index contributed by atoms with van der Waals surface area (Å²) in [6.45, 7) is 0.566. The predicted molar refractivity (Wildman–Crippen MR) is 71.6 cm³/mol. The van der Waals surface area contributed by atoms with Crippen LogP contribution in [0.15, 0.2) is 24.3 Å². The molecule has 1 aliphatic rings. The second-order valence-corrected chi connectivity index (χ2v) is 5.33. The second-order valence-electron chi connectivity index (χ2n) is 5.33. The average molecular weight is 301 g/mol. The molecule has 1 heterocycles. The molecule has 0 amide bonds. The van der Waals surface area contributed by atoms with Gasteiger partial charge in [0.1, 0.15) is 0 Å². The van der Waals surface area contributed by atoms with Gasteiger partial charge in [-0.15, -0.1) is 0 Å². The van der Waals surface area contributed by atoms with Crippen LogP contribution in [0.4, 0.5) is 13.2 Å². The number of hydrogen-bond donors (Lipinski definition) is 0.